The average Bonchev–Trinajstić information content (AvgIpc) is 2.87. The van der Waals surface area contributed by atoms with Crippen molar-refractivity contribution < 1.29 is 8.85 Å². The van der Waals surface area contributed by atoms with Crippen LogP contribution in [0.1, 0.15) is 92.9 Å². The van der Waals surface area contributed by atoms with Gasteiger partial charge in [0.1, 0.15) is 0 Å². The number of rotatable bonds is 8. The second-order valence-electron chi connectivity index (χ2n) is 9.47. The predicted octanol–water partition coefficient (Wildman–Crippen LogP) is 6.69. The molecule has 2 rings (SSSR count). The summed E-state index contributed by atoms with van der Waals surface area (Å²) in [5.41, 5.74) is 1.75. The zero-order valence-corrected chi connectivity index (χ0v) is 18.2. The standard InChI is InChI=1S/C21H42O2Si/c1-7-12-22-24(23-13-8-2,20-10-9-11-21(20,5)6)19-15-17(3)14-18(4)16-19/h17-20H,7-16H2,1-6H3. The fraction of sp³-hybridized carbons (Fsp3) is 1.00. The molecule has 0 bridgehead atoms. The second kappa shape index (κ2) is 8.68. The molecule has 2 fully saturated rings. The van der Waals surface area contributed by atoms with Gasteiger partial charge in [-0.15, -0.1) is 0 Å². The van der Waals surface area contributed by atoms with Gasteiger partial charge in [-0.3, -0.25) is 0 Å². The lowest BCUT2D eigenvalue weighted by Gasteiger charge is -2.49. The fourth-order valence-corrected chi connectivity index (χ4v) is 11.5. The van der Waals surface area contributed by atoms with Crippen molar-refractivity contribution in [2.45, 2.75) is 104 Å². The number of hydrogen-bond donors (Lipinski definition) is 0. The molecule has 2 saturated carbocycles. The van der Waals surface area contributed by atoms with Gasteiger partial charge >= 0.3 is 8.56 Å². The van der Waals surface area contributed by atoms with Gasteiger partial charge in [0, 0.05) is 24.3 Å². The van der Waals surface area contributed by atoms with E-state index in [9.17, 15) is 0 Å². The molecule has 0 spiro atoms. The third-order valence-corrected chi connectivity index (χ3v) is 11.5. The summed E-state index contributed by atoms with van der Waals surface area (Å²) in [6, 6.07) is 0. The molecule has 0 aromatic carbocycles. The minimum atomic E-state index is -2.22. The molecule has 0 heterocycles. The molecule has 0 amide bonds. The Balaban J connectivity index is 2.36. The predicted molar refractivity (Wildman–Crippen MR) is 106 cm³/mol. The summed E-state index contributed by atoms with van der Waals surface area (Å²) >= 11 is 0. The third-order valence-electron chi connectivity index (χ3n) is 6.55. The van der Waals surface area contributed by atoms with E-state index < -0.39 is 8.56 Å². The van der Waals surface area contributed by atoms with Crippen LogP contribution in [0, 0.1) is 17.3 Å². The Morgan fingerprint density at radius 3 is 1.88 bits per heavy atom. The highest BCUT2D eigenvalue weighted by Gasteiger charge is 2.59. The summed E-state index contributed by atoms with van der Waals surface area (Å²) in [5, 5.41) is 0. The van der Waals surface area contributed by atoms with Crippen LogP contribution in [0.3, 0.4) is 0 Å². The van der Waals surface area contributed by atoms with Crippen LogP contribution >= 0.6 is 0 Å². The Labute approximate surface area is 152 Å². The van der Waals surface area contributed by atoms with Crippen LogP contribution < -0.4 is 0 Å². The van der Waals surface area contributed by atoms with Crippen LogP contribution in [0.5, 0.6) is 0 Å². The van der Waals surface area contributed by atoms with Gasteiger partial charge in [-0.1, -0.05) is 48.0 Å². The van der Waals surface area contributed by atoms with E-state index >= 15 is 0 Å². The maximum Gasteiger partial charge on any atom is 0.345 e. The summed E-state index contributed by atoms with van der Waals surface area (Å²) in [4.78, 5) is 0. The van der Waals surface area contributed by atoms with Crippen molar-refractivity contribution in [3.63, 3.8) is 0 Å². The Kier molecular flexibility index (Phi) is 7.40. The van der Waals surface area contributed by atoms with Crippen LogP contribution in [-0.2, 0) is 8.85 Å². The Bertz CT molecular complexity index is 364. The normalized spacial score (nSPS) is 33.8. The molecule has 24 heavy (non-hydrogen) atoms. The summed E-state index contributed by atoms with van der Waals surface area (Å²) < 4.78 is 13.7. The second-order valence-corrected chi connectivity index (χ2v) is 13.0. The molecule has 3 heteroatoms. The highest BCUT2D eigenvalue weighted by atomic mass is 28.4. The van der Waals surface area contributed by atoms with Crippen molar-refractivity contribution in [1.82, 2.24) is 0 Å². The lowest BCUT2D eigenvalue weighted by Crippen LogP contribution is -2.55. The lowest BCUT2D eigenvalue weighted by atomic mass is 9.83. The van der Waals surface area contributed by atoms with E-state index in [1.54, 1.807) is 0 Å². The molecular formula is C21H42O2Si. The molecule has 2 aliphatic rings. The van der Waals surface area contributed by atoms with Crippen LogP contribution in [0.4, 0.5) is 0 Å². The molecule has 0 aliphatic heterocycles. The van der Waals surface area contributed by atoms with Gasteiger partial charge in [0.2, 0.25) is 0 Å². The van der Waals surface area contributed by atoms with Gasteiger partial charge in [0.15, 0.2) is 0 Å². The molecule has 2 aliphatic carbocycles. The first kappa shape index (κ1) is 20.4. The quantitative estimate of drug-likeness (QED) is 0.452. The molecule has 0 radical (unpaired) electrons. The average molecular weight is 355 g/mol. The van der Waals surface area contributed by atoms with Crippen molar-refractivity contribution in [3.8, 4) is 0 Å². The van der Waals surface area contributed by atoms with Crippen LogP contribution in [-0.4, -0.2) is 21.8 Å². The van der Waals surface area contributed by atoms with Gasteiger partial charge in [-0.05, 0) is 62.2 Å². The van der Waals surface area contributed by atoms with E-state index in [0.717, 1.165) is 37.9 Å². The first-order valence-corrected chi connectivity index (χ1v) is 12.6. The van der Waals surface area contributed by atoms with Crippen LogP contribution in [0.15, 0.2) is 0 Å². The maximum atomic E-state index is 6.85. The van der Waals surface area contributed by atoms with Gasteiger partial charge in [0.25, 0.3) is 0 Å². The molecule has 0 saturated heterocycles. The molecule has 3 unspecified atom stereocenters. The maximum absolute atomic E-state index is 6.85. The summed E-state index contributed by atoms with van der Waals surface area (Å²) in [5.74, 6) is 1.65. The monoisotopic (exact) mass is 354 g/mol. The summed E-state index contributed by atoms with van der Waals surface area (Å²) in [6.45, 7) is 16.1. The molecule has 142 valence electrons. The Morgan fingerprint density at radius 2 is 1.46 bits per heavy atom. The van der Waals surface area contributed by atoms with Crippen LogP contribution in [0.25, 0.3) is 0 Å². The van der Waals surface area contributed by atoms with Gasteiger partial charge in [0.05, 0.1) is 0 Å². The number of hydrogen-bond acceptors (Lipinski definition) is 2. The molecule has 2 nitrogen and oxygen atoms in total. The van der Waals surface area contributed by atoms with Crippen molar-refractivity contribution in [1.29, 1.82) is 0 Å². The van der Waals surface area contributed by atoms with E-state index in [1.807, 2.05) is 0 Å². The first-order chi connectivity index (χ1) is 11.4. The van der Waals surface area contributed by atoms with Gasteiger partial charge in [-0.25, -0.2) is 0 Å². The van der Waals surface area contributed by atoms with E-state index in [0.29, 0.717) is 16.5 Å². The molecule has 0 aromatic rings. The van der Waals surface area contributed by atoms with Gasteiger partial charge in [-0.2, -0.15) is 0 Å². The third kappa shape index (κ3) is 4.45. The highest BCUT2D eigenvalue weighted by Crippen LogP contribution is 2.58. The zero-order valence-electron chi connectivity index (χ0n) is 17.2. The lowest BCUT2D eigenvalue weighted by molar-refractivity contribution is 0.115. The van der Waals surface area contributed by atoms with E-state index in [1.165, 1.54) is 38.5 Å². The minimum Gasteiger partial charge on any atom is -0.394 e. The van der Waals surface area contributed by atoms with Crippen LogP contribution in [0.2, 0.25) is 11.1 Å². The van der Waals surface area contributed by atoms with Gasteiger partial charge < -0.3 is 8.85 Å². The molecule has 3 atom stereocenters. The molecule has 0 aromatic heterocycles. The van der Waals surface area contributed by atoms with E-state index in [-0.39, 0.29) is 0 Å². The van der Waals surface area contributed by atoms with Crippen molar-refractivity contribution in [2.75, 3.05) is 13.2 Å². The highest BCUT2D eigenvalue weighted by molar-refractivity contribution is 6.70. The van der Waals surface area contributed by atoms with Crippen molar-refractivity contribution in [2.24, 2.45) is 17.3 Å². The Morgan fingerprint density at radius 1 is 0.917 bits per heavy atom. The van der Waals surface area contributed by atoms with E-state index in [2.05, 4.69) is 41.5 Å². The SMILES string of the molecule is CCCO[Si](OCCC)(C1CC(C)CC(C)C1)C1CCCC1(C)C. The summed E-state index contributed by atoms with van der Waals surface area (Å²) in [6.07, 6.45) is 10.3. The Hall–Kier alpha value is 0.137. The summed E-state index contributed by atoms with van der Waals surface area (Å²) in [7, 11) is -2.22. The molecule has 0 N–H and O–H groups in total. The minimum absolute atomic E-state index is 0.387. The molecular weight excluding hydrogens is 312 g/mol. The van der Waals surface area contributed by atoms with Crippen molar-refractivity contribution >= 4 is 8.56 Å². The topological polar surface area (TPSA) is 18.5 Å². The first-order valence-electron chi connectivity index (χ1n) is 10.6. The zero-order chi connectivity index (χ0) is 17.8. The van der Waals surface area contributed by atoms with E-state index in [4.69, 9.17) is 8.85 Å². The van der Waals surface area contributed by atoms with Crippen molar-refractivity contribution in [3.05, 3.63) is 0 Å². The smallest absolute Gasteiger partial charge is 0.345 e. The fourth-order valence-electron chi connectivity index (χ4n) is 5.63. The largest absolute Gasteiger partial charge is 0.394 e.